The summed E-state index contributed by atoms with van der Waals surface area (Å²) in [5, 5.41) is 21.0. The van der Waals surface area contributed by atoms with Crippen LogP contribution in [0.15, 0.2) is 71.2 Å². The molecule has 0 atom stereocenters. The van der Waals surface area contributed by atoms with Gasteiger partial charge in [0.2, 0.25) is 0 Å². The van der Waals surface area contributed by atoms with Gasteiger partial charge >= 0.3 is 0 Å². The molecule has 0 radical (unpaired) electrons. The number of thiazole rings is 1. The molecule has 34 heavy (non-hydrogen) atoms. The molecule has 1 aromatic carbocycles. The maximum absolute atomic E-state index is 13.1. The van der Waals surface area contributed by atoms with Gasteiger partial charge in [0.15, 0.2) is 0 Å². The normalized spacial score (nSPS) is 11.7. The third-order valence-electron chi connectivity index (χ3n) is 5.44. The zero-order valence-electron chi connectivity index (χ0n) is 18.7. The lowest BCUT2D eigenvalue weighted by atomic mass is 10.0. The highest BCUT2D eigenvalue weighted by Gasteiger charge is 2.18. The molecule has 5 aromatic rings. The summed E-state index contributed by atoms with van der Waals surface area (Å²) >= 11 is 1.40. The molecule has 0 saturated carbocycles. The van der Waals surface area contributed by atoms with E-state index in [2.05, 4.69) is 20.4 Å². The van der Waals surface area contributed by atoms with Gasteiger partial charge in [-0.15, -0.1) is 11.3 Å². The Morgan fingerprint density at radius 1 is 1.24 bits per heavy atom. The van der Waals surface area contributed by atoms with E-state index in [1.807, 2.05) is 35.0 Å². The summed E-state index contributed by atoms with van der Waals surface area (Å²) < 4.78 is 7.16. The molecule has 0 aliphatic rings. The van der Waals surface area contributed by atoms with E-state index in [1.54, 1.807) is 50.3 Å². The number of nitrogens with zero attached hydrogens (tertiary/aromatic N) is 4. The molecule has 1 amide bonds. The molecule has 8 nitrogen and oxygen atoms in total. The second kappa shape index (κ2) is 8.85. The number of nitrogens with one attached hydrogen (secondary N) is 1. The average Bonchev–Trinajstić information content (AvgIpc) is 3.58. The van der Waals surface area contributed by atoms with Gasteiger partial charge in [0.1, 0.15) is 10.7 Å². The van der Waals surface area contributed by atoms with E-state index in [4.69, 9.17) is 4.42 Å². The summed E-state index contributed by atoms with van der Waals surface area (Å²) in [4.78, 5) is 21.7. The van der Waals surface area contributed by atoms with Crippen LogP contribution < -0.4 is 5.32 Å². The van der Waals surface area contributed by atoms with Crippen LogP contribution in [0.1, 0.15) is 30.8 Å². The lowest BCUT2D eigenvalue weighted by Crippen LogP contribution is -2.21. The molecule has 4 heterocycles. The van der Waals surface area contributed by atoms with Gasteiger partial charge in [0.25, 0.3) is 5.91 Å². The summed E-state index contributed by atoms with van der Waals surface area (Å²) in [5.41, 5.74) is 3.60. The number of hydrogen-bond donors (Lipinski definition) is 2. The van der Waals surface area contributed by atoms with Crippen LogP contribution in [0, 0.1) is 0 Å². The van der Waals surface area contributed by atoms with Crippen molar-refractivity contribution in [3.05, 3.63) is 72.5 Å². The second-order valence-electron chi connectivity index (χ2n) is 8.63. The van der Waals surface area contributed by atoms with Gasteiger partial charge in [-0.25, -0.2) is 4.98 Å². The Morgan fingerprint density at radius 3 is 2.85 bits per heavy atom. The van der Waals surface area contributed by atoms with Gasteiger partial charge in [0.05, 0.1) is 29.8 Å². The van der Waals surface area contributed by atoms with E-state index in [9.17, 15) is 9.90 Å². The number of aliphatic hydroxyl groups is 1. The van der Waals surface area contributed by atoms with Crippen LogP contribution in [0.5, 0.6) is 0 Å². The van der Waals surface area contributed by atoms with Crippen molar-refractivity contribution in [2.75, 3.05) is 5.32 Å². The molecule has 4 aromatic heterocycles. The largest absolute Gasteiger partial charge is 0.472 e. The van der Waals surface area contributed by atoms with Crippen molar-refractivity contribution in [3.63, 3.8) is 0 Å². The van der Waals surface area contributed by atoms with Crippen LogP contribution in [-0.4, -0.2) is 36.4 Å². The summed E-state index contributed by atoms with van der Waals surface area (Å²) in [6.45, 7) is 4.13. The third-order valence-corrected chi connectivity index (χ3v) is 6.33. The van der Waals surface area contributed by atoms with E-state index < -0.39 is 5.60 Å². The Labute approximate surface area is 199 Å². The number of amides is 1. The summed E-state index contributed by atoms with van der Waals surface area (Å²) in [6.07, 6.45) is 8.98. The van der Waals surface area contributed by atoms with Crippen LogP contribution in [-0.2, 0) is 6.54 Å². The Hall–Kier alpha value is -3.82. The van der Waals surface area contributed by atoms with E-state index >= 15 is 0 Å². The number of rotatable bonds is 7. The second-order valence-corrected chi connectivity index (χ2v) is 9.49. The fourth-order valence-electron chi connectivity index (χ4n) is 3.63. The molecule has 9 heteroatoms. The van der Waals surface area contributed by atoms with Crippen LogP contribution >= 0.6 is 11.3 Å². The lowest BCUT2D eigenvalue weighted by Gasteiger charge is -2.17. The van der Waals surface area contributed by atoms with E-state index in [-0.39, 0.29) is 5.91 Å². The number of aryl methyl sites for hydroxylation is 1. The number of carbonyl (C=O) groups excluding carboxylic acids is 1. The van der Waals surface area contributed by atoms with Crippen LogP contribution in [0.25, 0.3) is 32.6 Å². The van der Waals surface area contributed by atoms with Crippen LogP contribution in [0.4, 0.5) is 5.69 Å². The average molecular weight is 474 g/mol. The van der Waals surface area contributed by atoms with Crippen molar-refractivity contribution in [1.29, 1.82) is 0 Å². The number of furan rings is 1. The SMILES string of the molecule is CC(C)(O)CCn1ncc2cc(NC(=O)c3csc(-c4cccnc4)n3)c(-c3ccoc3)cc21. The van der Waals surface area contributed by atoms with Crippen LogP contribution in [0.2, 0.25) is 0 Å². The fraction of sp³-hybridized carbons (Fsp3) is 0.200. The summed E-state index contributed by atoms with van der Waals surface area (Å²) in [6, 6.07) is 9.48. The van der Waals surface area contributed by atoms with Crippen molar-refractivity contribution in [2.45, 2.75) is 32.4 Å². The predicted octanol–water partition coefficient (Wildman–Crippen LogP) is 5.23. The van der Waals surface area contributed by atoms with Crippen molar-refractivity contribution in [1.82, 2.24) is 19.7 Å². The minimum absolute atomic E-state index is 0.301. The third kappa shape index (κ3) is 4.61. The molecule has 0 aliphatic heterocycles. The van der Waals surface area contributed by atoms with Crippen LogP contribution in [0.3, 0.4) is 0 Å². The maximum Gasteiger partial charge on any atom is 0.275 e. The molecule has 5 rings (SSSR count). The lowest BCUT2D eigenvalue weighted by molar-refractivity contribution is 0.0655. The Morgan fingerprint density at radius 2 is 2.12 bits per heavy atom. The minimum Gasteiger partial charge on any atom is -0.472 e. The van der Waals surface area contributed by atoms with Gasteiger partial charge in [-0.3, -0.25) is 14.5 Å². The first-order valence-electron chi connectivity index (χ1n) is 10.8. The smallest absolute Gasteiger partial charge is 0.275 e. The van der Waals surface area contributed by atoms with E-state index in [0.717, 1.165) is 32.6 Å². The number of pyridine rings is 1. The van der Waals surface area contributed by atoms with Crippen molar-refractivity contribution >= 4 is 33.8 Å². The van der Waals surface area contributed by atoms with Gasteiger partial charge in [-0.05, 0) is 50.6 Å². The summed E-state index contributed by atoms with van der Waals surface area (Å²) in [7, 11) is 0. The van der Waals surface area contributed by atoms with Gasteiger partial charge in [-0.2, -0.15) is 5.10 Å². The minimum atomic E-state index is -0.790. The number of hydrogen-bond acceptors (Lipinski definition) is 7. The first kappa shape index (κ1) is 22.0. The molecule has 0 aliphatic carbocycles. The highest BCUT2D eigenvalue weighted by atomic mass is 32.1. The van der Waals surface area contributed by atoms with Crippen molar-refractivity contribution in [2.24, 2.45) is 0 Å². The standard InChI is InChI=1S/C25H23N5O3S/c1-25(2,32)6-8-30-22-11-19(17-5-9-33-14-17)20(10-18(22)13-27-30)28-23(31)21-15-34-24(29-21)16-4-3-7-26-12-16/h3-5,7,9-15,32H,6,8H2,1-2H3,(H,28,31). The molecule has 2 N–H and O–H groups in total. The topological polar surface area (TPSA) is 106 Å². The highest BCUT2D eigenvalue weighted by Crippen LogP contribution is 2.34. The molecule has 0 saturated heterocycles. The molecule has 0 bridgehead atoms. The van der Waals surface area contributed by atoms with Gasteiger partial charge in [0, 0.05) is 52.1 Å². The zero-order valence-corrected chi connectivity index (χ0v) is 19.5. The number of carbonyl (C=O) groups is 1. The number of benzene rings is 1. The first-order chi connectivity index (χ1) is 16.4. The molecule has 0 fully saturated rings. The molecule has 172 valence electrons. The van der Waals surface area contributed by atoms with Crippen molar-refractivity contribution in [3.8, 4) is 21.7 Å². The Balaban J connectivity index is 1.47. The first-order valence-corrected chi connectivity index (χ1v) is 11.7. The Kier molecular flexibility index (Phi) is 5.72. The molecule has 0 unspecified atom stereocenters. The molecule has 0 spiro atoms. The number of aromatic nitrogens is 4. The van der Waals surface area contributed by atoms with Gasteiger partial charge < -0.3 is 14.8 Å². The predicted molar refractivity (Wildman–Crippen MR) is 132 cm³/mol. The number of fused-ring (bicyclic) bond motifs is 1. The van der Waals surface area contributed by atoms with E-state index in [1.165, 1.54) is 11.3 Å². The quantitative estimate of drug-likeness (QED) is 0.335. The molecular formula is C25H23N5O3S. The Bertz CT molecular complexity index is 1430. The van der Waals surface area contributed by atoms with Gasteiger partial charge in [-0.1, -0.05) is 0 Å². The highest BCUT2D eigenvalue weighted by molar-refractivity contribution is 7.13. The van der Waals surface area contributed by atoms with E-state index in [0.29, 0.717) is 24.3 Å². The monoisotopic (exact) mass is 473 g/mol. The summed E-state index contributed by atoms with van der Waals surface area (Å²) in [5.74, 6) is -0.301. The fourth-order valence-corrected chi connectivity index (χ4v) is 4.42. The molecular weight excluding hydrogens is 450 g/mol. The maximum atomic E-state index is 13.1. The van der Waals surface area contributed by atoms with Crippen molar-refractivity contribution < 1.29 is 14.3 Å². The zero-order chi connectivity index (χ0) is 23.7. The number of anilines is 1.